The van der Waals surface area contributed by atoms with Crippen molar-refractivity contribution in [2.24, 2.45) is 0 Å². The van der Waals surface area contributed by atoms with Gasteiger partial charge in [0.2, 0.25) is 0 Å². The second-order valence-corrected chi connectivity index (χ2v) is 5.62. The summed E-state index contributed by atoms with van der Waals surface area (Å²) >= 11 is 3.35. The van der Waals surface area contributed by atoms with Gasteiger partial charge in [0.1, 0.15) is 5.82 Å². The van der Waals surface area contributed by atoms with Crippen molar-refractivity contribution in [2.75, 3.05) is 11.9 Å². The first-order chi connectivity index (χ1) is 10.1. The third-order valence-corrected chi connectivity index (χ3v) is 3.44. The maximum Gasteiger partial charge on any atom is 0.255 e. The molecule has 2 aromatic heterocycles. The first-order valence-electron chi connectivity index (χ1n) is 6.80. The molecule has 0 fully saturated rings. The molecule has 7 heteroatoms. The Morgan fingerprint density at radius 2 is 2.29 bits per heavy atom. The predicted molar refractivity (Wildman–Crippen MR) is 85.2 cm³/mol. The molecule has 0 radical (unpaired) electrons. The molecular formula is C14H18BrN5O. The third kappa shape index (κ3) is 4.04. The monoisotopic (exact) mass is 351 g/mol. The topological polar surface area (TPSA) is 82.7 Å². The van der Waals surface area contributed by atoms with Crippen molar-refractivity contribution in [1.82, 2.24) is 20.5 Å². The summed E-state index contributed by atoms with van der Waals surface area (Å²) in [6.07, 6.45) is 6.10. The molecule has 21 heavy (non-hydrogen) atoms. The molecule has 112 valence electrons. The molecule has 1 amide bonds. The van der Waals surface area contributed by atoms with Crippen LogP contribution in [0.3, 0.4) is 0 Å². The van der Waals surface area contributed by atoms with E-state index in [-0.39, 0.29) is 11.9 Å². The van der Waals surface area contributed by atoms with Crippen LogP contribution < -0.4 is 10.6 Å². The molecule has 0 saturated carbocycles. The van der Waals surface area contributed by atoms with E-state index in [4.69, 9.17) is 0 Å². The number of H-pyrrole nitrogens is 1. The van der Waals surface area contributed by atoms with Crippen molar-refractivity contribution < 1.29 is 4.79 Å². The highest BCUT2D eigenvalue weighted by Crippen LogP contribution is 2.19. The fourth-order valence-electron chi connectivity index (χ4n) is 1.85. The standard InChI is InChI=1S/C14H18BrN5O/c1-3-4-16-13-12(5-11(15)8-17-13)14(21)20-9(2)10-6-18-19-7-10/h5-9H,3-4H2,1-2H3,(H,16,17)(H,18,19)(H,20,21). The van der Waals surface area contributed by atoms with Gasteiger partial charge in [0.15, 0.2) is 0 Å². The number of aromatic nitrogens is 3. The average Bonchev–Trinajstić information content (AvgIpc) is 3.00. The van der Waals surface area contributed by atoms with Crippen LogP contribution in [0.1, 0.15) is 42.2 Å². The smallest absolute Gasteiger partial charge is 0.255 e. The van der Waals surface area contributed by atoms with Gasteiger partial charge in [-0.25, -0.2) is 4.98 Å². The highest BCUT2D eigenvalue weighted by Gasteiger charge is 2.16. The first kappa shape index (κ1) is 15.5. The Kier molecular flexibility index (Phi) is 5.32. The molecule has 0 saturated heterocycles. The molecule has 0 aliphatic carbocycles. The van der Waals surface area contributed by atoms with Gasteiger partial charge >= 0.3 is 0 Å². The van der Waals surface area contributed by atoms with Crippen molar-refractivity contribution in [3.05, 3.63) is 40.3 Å². The van der Waals surface area contributed by atoms with Crippen LogP contribution in [0, 0.1) is 0 Å². The number of pyridine rings is 1. The summed E-state index contributed by atoms with van der Waals surface area (Å²) in [7, 11) is 0. The lowest BCUT2D eigenvalue weighted by molar-refractivity contribution is 0.0940. The lowest BCUT2D eigenvalue weighted by Crippen LogP contribution is -2.27. The zero-order chi connectivity index (χ0) is 15.2. The van der Waals surface area contributed by atoms with Crippen molar-refractivity contribution in [3.8, 4) is 0 Å². The lowest BCUT2D eigenvalue weighted by Gasteiger charge is -2.15. The molecule has 0 bridgehead atoms. The minimum absolute atomic E-state index is 0.130. The minimum Gasteiger partial charge on any atom is -0.369 e. The quantitative estimate of drug-likeness (QED) is 0.747. The molecule has 3 N–H and O–H groups in total. The lowest BCUT2D eigenvalue weighted by atomic mass is 10.1. The van der Waals surface area contributed by atoms with Gasteiger partial charge in [0.05, 0.1) is 17.8 Å². The Hall–Kier alpha value is -1.89. The van der Waals surface area contributed by atoms with E-state index in [1.807, 2.05) is 6.92 Å². The van der Waals surface area contributed by atoms with Crippen molar-refractivity contribution in [2.45, 2.75) is 26.3 Å². The number of rotatable bonds is 6. The molecule has 1 unspecified atom stereocenters. The average molecular weight is 352 g/mol. The van der Waals surface area contributed by atoms with E-state index in [0.717, 1.165) is 23.0 Å². The SMILES string of the molecule is CCCNc1ncc(Br)cc1C(=O)NC(C)c1cn[nH]c1. The molecule has 2 aromatic rings. The van der Waals surface area contributed by atoms with Crippen LogP contribution in [0.5, 0.6) is 0 Å². The summed E-state index contributed by atoms with van der Waals surface area (Å²) in [6.45, 7) is 4.74. The number of nitrogens with one attached hydrogen (secondary N) is 3. The van der Waals surface area contributed by atoms with Crippen LogP contribution in [-0.4, -0.2) is 27.6 Å². The number of carbonyl (C=O) groups excluding carboxylic acids is 1. The number of amides is 1. The minimum atomic E-state index is -0.170. The fraction of sp³-hybridized carbons (Fsp3) is 0.357. The normalized spacial score (nSPS) is 12.0. The van der Waals surface area contributed by atoms with Gasteiger partial charge < -0.3 is 10.6 Å². The van der Waals surface area contributed by atoms with Gasteiger partial charge in [0.25, 0.3) is 5.91 Å². The summed E-state index contributed by atoms with van der Waals surface area (Å²) in [4.78, 5) is 16.7. The first-order valence-corrected chi connectivity index (χ1v) is 7.60. The van der Waals surface area contributed by atoms with Crippen molar-refractivity contribution in [3.63, 3.8) is 0 Å². The number of carbonyl (C=O) groups is 1. The van der Waals surface area contributed by atoms with E-state index in [1.165, 1.54) is 0 Å². The zero-order valence-corrected chi connectivity index (χ0v) is 13.6. The molecule has 0 aromatic carbocycles. The Balaban J connectivity index is 2.15. The molecule has 0 aliphatic rings. The highest BCUT2D eigenvalue weighted by molar-refractivity contribution is 9.10. The molecule has 0 spiro atoms. The maximum atomic E-state index is 12.4. The number of hydrogen-bond acceptors (Lipinski definition) is 4. The van der Waals surface area contributed by atoms with E-state index >= 15 is 0 Å². The molecule has 6 nitrogen and oxygen atoms in total. The number of aromatic amines is 1. The molecule has 1 atom stereocenters. The number of nitrogens with zero attached hydrogens (tertiary/aromatic N) is 2. The van der Waals surface area contributed by atoms with Crippen LogP contribution in [0.2, 0.25) is 0 Å². The van der Waals surface area contributed by atoms with Crippen LogP contribution in [-0.2, 0) is 0 Å². The van der Waals surface area contributed by atoms with Gasteiger partial charge in [0, 0.05) is 29.0 Å². The van der Waals surface area contributed by atoms with Crippen LogP contribution in [0.15, 0.2) is 29.1 Å². The van der Waals surface area contributed by atoms with Gasteiger partial charge in [-0.2, -0.15) is 5.10 Å². The van der Waals surface area contributed by atoms with E-state index in [1.54, 1.807) is 24.7 Å². The zero-order valence-electron chi connectivity index (χ0n) is 12.0. The predicted octanol–water partition coefficient (Wildman–Crippen LogP) is 2.88. The number of halogens is 1. The molecule has 0 aliphatic heterocycles. The van der Waals surface area contributed by atoms with Crippen LogP contribution in [0.25, 0.3) is 0 Å². The number of hydrogen-bond donors (Lipinski definition) is 3. The van der Waals surface area contributed by atoms with Gasteiger partial charge in [-0.3, -0.25) is 9.89 Å². The summed E-state index contributed by atoms with van der Waals surface area (Å²) in [5.74, 6) is 0.424. The Bertz CT molecular complexity index is 599. The van der Waals surface area contributed by atoms with Crippen LogP contribution >= 0.6 is 15.9 Å². The van der Waals surface area contributed by atoms with Gasteiger partial charge in [-0.15, -0.1) is 0 Å². The largest absolute Gasteiger partial charge is 0.369 e. The second kappa shape index (κ2) is 7.21. The third-order valence-electron chi connectivity index (χ3n) is 3.01. The summed E-state index contributed by atoms with van der Waals surface area (Å²) in [5, 5.41) is 12.7. The Morgan fingerprint density at radius 1 is 1.48 bits per heavy atom. The van der Waals surface area contributed by atoms with Crippen molar-refractivity contribution >= 4 is 27.7 Å². The Labute approximate surface area is 131 Å². The Morgan fingerprint density at radius 3 is 2.95 bits per heavy atom. The van der Waals surface area contributed by atoms with E-state index in [0.29, 0.717) is 11.4 Å². The van der Waals surface area contributed by atoms with Crippen LogP contribution in [0.4, 0.5) is 5.82 Å². The van der Waals surface area contributed by atoms with E-state index in [9.17, 15) is 4.79 Å². The van der Waals surface area contributed by atoms with Gasteiger partial charge in [-0.1, -0.05) is 6.92 Å². The van der Waals surface area contributed by atoms with E-state index < -0.39 is 0 Å². The number of anilines is 1. The fourth-order valence-corrected chi connectivity index (χ4v) is 2.18. The molecular weight excluding hydrogens is 334 g/mol. The molecule has 2 heterocycles. The maximum absolute atomic E-state index is 12.4. The summed E-state index contributed by atoms with van der Waals surface area (Å²) in [5.41, 5.74) is 1.45. The van der Waals surface area contributed by atoms with Gasteiger partial charge in [-0.05, 0) is 35.3 Å². The second-order valence-electron chi connectivity index (χ2n) is 4.70. The summed E-state index contributed by atoms with van der Waals surface area (Å²) in [6, 6.07) is 1.64. The highest BCUT2D eigenvalue weighted by atomic mass is 79.9. The van der Waals surface area contributed by atoms with Crippen molar-refractivity contribution in [1.29, 1.82) is 0 Å². The molecule has 2 rings (SSSR count). The van der Waals surface area contributed by atoms with E-state index in [2.05, 4.69) is 48.7 Å². The summed E-state index contributed by atoms with van der Waals surface area (Å²) < 4.78 is 0.769.